The minimum absolute atomic E-state index is 0.0573. The molecule has 7 heteroatoms. The fourth-order valence-corrected chi connectivity index (χ4v) is 4.21. The van der Waals surface area contributed by atoms with Crippen molar-refractivity contribution in [1.82, 2.24) is 15.5 Å². The number of nitrogens with zero attached hydrogens (tertiary/aromatic N) is 1. The maximum absolute atomic E-state index is 12.8. The van der Waals surface area contributed by atoms with Gasteiger partial charge in [-0.15, -0.1) is 0 Å². The number of rotatable bonds is 3. The van der Waals surface area contributed by atoms with Crippen molar-refractivity contribution in [2.75, 3.05) is 13.1 Å². The summed E-state index contributed by atoms with van der Waals surface area (Å²) in [5, 5.41) is 7.33. The van der Waals surface area contributed by atoms with Crippen LogP contribution in [0.15, 0.2) is 18.2 Å². The van der Waals surface area contributed by atoms with E-state index in [9.17, 15) is 9.59 Å². The molecule has 1 aromatic carbocycles. The molecule has 2 N–H and O–H groups in total. The first-order chi connectivity index (χ1) is 11.9. The zero-order chi connectivity index (χ0) is 18.0. The molecular weight excluding hydrogens is 361 g/mol. The van der Waals surface area contributed by atoms with Crippen molar-refractivity contribution in [3.63, 3.8) is 0 Å². The molecule has 1 aromatic rings. The van der Waals surface area contributed by atoms with Gasteiger partial charge in [-0.1, -0.05) is 23.2 Å². The van der Waals surface area contributed by atoms with Gasteiger partial charge in [-0.3, -0.25) is 9.59 Å². The van der Waals surface area contributed by atoms with Crippen molar-refractivity contribution in [3.8, 4) is 0 Å². The molecule has 5 nitrogen and oxygen atoms in total. The van der Waals surface area contributed by atoms with Gasteiger partial charge in [0.15, 0.2) is 0 Å². The largest absolute Gasteiger partial charge is 0.351 e. The van der Waals surface area contributed by atoms with Crippen LogP contribution >= 0.6 is 23.2 Å². The number of carbonyl (C=O) groups excluding carboxylic acids is 2. The van der Waals surface area contributed by atoms with Crippen molar-refractivity contribution in [1.29, 1.82) is 0 Å². The van der Waals surface area contributed by atoms with Gasteiger partial charge in [-0.2, -0.15) is 0 Å². The standard InChI is InChI=1S/C18H23Cl2N3O2/c1-11-7-15(4-5-21-11)22-17(24)16-3-2-6-23(16)18(25)12-8-13(19)10-14(20)9-12/h8-11,15-16,21H,2-7H2,1H3,(H,22,24). The number of piperidine rings is 1. The van der Waals surface area contributed by atoms with E-state index in [-0.39, 0.29) is 17.9 Å². The van der Waals surface area contributed by atoms with E-state index in [1.54, 1.807) is 23.1 Å². The number of carbonyl (C=O) groups is 2. The maximum Gasteiger partial charge on any atom is 0.254 e. The van der Waals surface area contributed by atoms with Crippen LogP contribution < -0.4 is 10.6 Å². The summed E-state index contributed by atoms with van der Waals surface area (Å²) < 4.78 is 0. The van der Waals surface area contributed by atoms with E-state index in [4.69, 9.17) is 23.2 Å². The Morgan fingerprint density at radius 2 is 1.92 bits per heavy atom. The Kier molecular flexibility index (Phi) is 5.87. The molecule has 3 unspecified atom stereocenters. The lowest BCUT2D eigenvalue weighted by Crippen LogP contribution is -2.52. The van der Waals surface area contributed by atoms with Gasteiger partial charge in [0.05, 0.1) is 0 Å². The minimum atomic E-state index is -0.421. The normalized spacial score (nSPS) is 26.5. The molecule has 0 bridgehead atoms. The van der Waals surface area contributed by atoms with Crippen LogP contribution in [0.1, 0.15) is 43.0 Å². The second-order valence-electron chi connectivity index (χ2n) is 6.90. The van der Waals surface area contributed by atoms with Crippen LogP contribution in [0.4, 0.5) is 0 Å². The van der Waals surface area contributed by atoms with Gasteiger partial charge in [-0.05, 0) is 57.4 Å². The number of benzene rings is 1. The maximum atomic E-state index is 12.8. The van der Waals surface area contributed by atoms with E-state index in [1.165, 1.54) is 0 Å². The van der Waals surface area contributed by atoms with Crippen molar-refractivity contribution in [2.45, 2.75) is 50.7 Å². The summed E-state index contributed by atoms with van der Waals surface area (Å²) >= 11 is 12.0. The number of hydrogen-bond acceptors (Lipinski definition) is 3. The molecule has 2 aliphatic rings. The first-order valence-electron chi connectivity index (χ1n) is 8.75. The fourth-order valence-electron chi connectivity index (χ4n) is 3.69. The smallest absolute Gasteiger partial charge is 0.254 e. The number of nitrogens with one attached hydrogen (secondary N) is 2. The van der Waals surface area contributed by atoms with Crippen LogP contribution in [0.2, 0.25) is 10.0 Å². The van der Waals surface area contributed by atoms with E-state index in [0.29, 0.717) is 34.6 Å². The Hall–Kier alpha value is -1.30. The van der Waals surface area contributed by atoms with E-state index < -0.39 is 6.04 Å². The van der Waals surface area contributed by atoms with Crippen LogP contribution in [0.25, 0.3) is 0 Å². The van der Waals surface area contributed by atoms with E-state index in [2.05, 4.69) is 17.6 Å². The molecule has 2 heterocycles. The molecule has 0 aromatic heterocycles. The third-order valence-corrected chi connectivity index (χ3v) is 5.33. The van der Waals surface area contributed by atoms with Crippen LogP contribution in [0, 0.1) is 0 Å². The topological polar surface area (TPSA) is 61.4 Å². The third kappa shape index (κ3) is 4.46. The van der Waals surface area contributed by atoms with Crippen LogP contribution in [0.5, 0.6) is 0 Å². The SMILES string of the molecule is CC1CC(NC(=O)C2CCCN2C(=O)c2cc(Cl)cc(Cl)c2)CCN1. The highest BCUT2D eigenvalue weighted by Crippen LogP contribution is 2.25. The van der Waals surface area contributed by atoms with E-state index >= 15 is 0 Å². The quantitative estimate of drug-likeness (QED) is 0.843. The Bertz CT molecular complexity index is 647. The number of likely N-dealkylation sites (tertiary alicyclic amines) is 1. The Labute approximate surface area is 158 Å². The lowest BCUT2D eigenvalue weighted by atomic mass is 10.00. The van der Waals surface area contributed by atoms with Crippen LogP contribution in [-0.4, -0.2) is 47.9 Å². The second kappa shape index (κ2) is 7.94. The lowest BCUT2D eigenvalue weighted by molar-refractivity contribution is -0.125. The van der Waals surface area contributed by atoms with Gasteiger partial charge in [-0.25, -0.2) is 0 Å². The highest BCUT2D eigenvalue weighted by molar-refractivity contribution is 6.35. The van der Waals surface area contributed by atoms with Crippen LogP contribution in [-0.2, 0) is 4.79 Å². The molecule has 3 atom stereocenters. The number of halogens is 2. The van der Waals surface area contributed by atoms with Gasteiger partial charge >= 0.3 is 0 Å². The van der Waals surface area contributed by atoms with Gasteiger partial charge in [0.1, 0.15) is 6.04 Å². The molecule has 136 valence electrons. The van der Waals surface area contributed by atoms with Crippen molar-refractivity contribution >= 4 is 35.0 Å². The lowest BCUT2D eigenvalue weighted by Gasteiger charge is -2.31. The van der Waals surface area contributed by atoms with Gasteiger partial charge in [0.2, 0.25) is 5.91 Å². The zero-order valence-corrected chi connectivity index (χ0v) is 15.7. The first kappa shape index (κ1) is 18.5. The highest BCUT2D eigenvalue weighted by Gasteiger charge is 2.35. The van der Waals surface area contributed by atoms with Crippen molar-refractivity contribution < 1.29 is 9.59 Å². The van der Waals surface area contributed by atoms with Crippen LogP contribution in [0.3, 0.4) is 0 Å². The first-order valence-corrected chi connectivity index (χ1v) is 9.50. The zero-order valence-electron chi connectivity index (χ0n) is 14.2. The summed E-state index contributed by atoms with van der Waals surface area (Å²) in [6.07, 6.45) is 3.34. The predicted molar refractivity (Wildman–Crippen MR) is 99.1 cm³/mol. The van der Waals surface area contributed by atoms with E-state index in [0.717, 1.165) is 25.8 Å². The fraction of sp³-hybridized carbons (Fsp3) is 0.556. The molecule has 2 saturated heterocycles. The van der Waals surface area contributed by atoms with Crippen molar-refractivity contribution in [3.05, 3.63) is 33.8 Å². The molecule has 2 fully saturated rings. The monoisotopic (exact) mass is 383 g/mol. The van der Waals surface area contributed by atoms with Gasteiger partial charge in [0.25, 0.3) is 5.91 Å². The predicted octanol–water partition coefficient (Wildman–Crippen LogP) is 2.85. The molecule has 25 heavy (non-hydrogen) atoms. The summed E-state index contributed by atoms with van der Waals surface area (Å²) in [6.45, 7) is 3.59. The Morgan fingerprint density at radius 3 is 2.60 bits per heavy atom. The molecule has 0 saturated carbocycles. The molecule has 2 amide bonds. The Morgan fingerprint density at radius 1 is 1.20 bits per heavy atom. The molecule has 0 spiro atoms. The van der Waals surface area contributed by atoms with E-state index in [1.807, 2.05) is 0 Å². The van der Waals surface area contributed by atoms with Gasteiger partial charge in [0, 0.05) is 34.2 Å². The molecule has 3 rings (SSSR count). The summed E-state index contributed by atoms with van der Waals surface area (Å²) in [5.41, 5.74) is 0.424. The molecule has 0 radical (unpaired) electrons. The average Bonchev–Trinajstić information content (AvgIpc) is 3.03. The third-order valence-electron chi connectivity index (χ3n) is 4.90. The van der Waals surface area contributed by atoms with Crippen molar-refractivity contribution in [2.24, 2.45) is 0 Å². The second-order valence-corrected chi connectivity index (χ2v) is 7.77. The summed E-state index contributed by atoms with van der Waals surface area (Å²) in [7, 11) is 0. The Balaban J connectivity index is 1.69. The van der Waals surface area contributed by atoms with Gasteiger partial charge < -0.3 is 15.5 Å². The molecule has 2 aliphatic heterocycles. The average molecular weight is 384 g/mol. The highest BCUT2D eigenvalue weighted by atomic mass is 35.5. The summed E-state index contributed by atoms with van der Waals surface area (Å²) in [6, 6.07) is 4.92. The summed E-state index contributed by atoms with van der Waals surface area (Å²) in [4.78, 5) is 27.2. The molecular formula is C18H23Cl2N3O2. The number of amides is 2. The minimum Gasteiger partial charge on any atom is -0.351 e. The summed E-state index contributed by atoms with van der Waals surface area (Å²) in [5.74, 6) is -0.251. The molecule has 0 aliphatic carbocycles. The number of hydrogen-bond donors (Lipinski definition) is 2.